The molecule has 0 N–H and O–H groups in total. The second-order valence-corrected chi connectivity index (χ2v) is 10.9. The zero-order chi connectivity index (χ0) is 35.3. The number of hydrogen-bond donors (Lipinski definition) is 0. The third-order valence-corrected chi connectivity index (χ3v) is 6.40. The number of hydrogen-bond acceptors (Lipinski definition) is 16. The van der Waals surface area contributed by atoms with Gasteiger partial charge >= 0.3 is 5.97 Å². The zero-order valence-corrected chi connectivity index (χ0v) is 30.8. The molecule has 288 valence electrons. The van der Waals surface area contributed by atoms with Gasteiger partial charge < -0.3 is 61.7 Å². The molecule has 0 unspecified atom stereocenters. The van der Waals surface area contributed by atoms with Crippen molar-refractivity contribution >= 4 is 40.4 Å². The minimum Gasteiger partial charge on any atom is -0.378 e. The van der Waals surface area contributed by atoms with Crippen LogP contribution in [0, 0.1) is 0 Å². The number of nitrogens with zero attached hydrogens (tertiary/aromatic N) is 1. The smallest absolute Gasteiger partial charge is 0.335 e. The van der Waals surface area contributed by atoms with Crippen LogP contribution >= 0.6 is 22.6 Å². The van der Waals surface area contributed by atoms with E-state index in [2.05, 4.69) is 22.6 Å². The van der Waals surface area contributed by atoms with E-state index in [9.17, 15) is 14.4 Å². The van der Waals surface area contributed by atoms with Crippen LogP contribution in [0.15, 0.2) is 0 Å². The Balaban J connectivity index is 1.64. The number of carbonyl (C=O) groups is 3. The number of rotatable bonds is 39. The number of carbonyl (C=O) groups excluding carboxylic acids is 3. The molecule has 17 nitrogen and oxygen atoms in total. The van der Waals surface area contributed by atoms with E-state index < -0.39 is 17.8 Å². The number of amides is 2. The van der Waals surface area contributed by atoms with Gasteiger partial charge in [0.2, 0.25) is 0 Å². The van der Waals surface area contributed by atoms with Crippen LogP contribution in [-0.4, -0.2) is 186 Å². The lowest BCUT2D eigenvalue weighted by molar-refractivity contribution is -0.198. The molecule has 0 aliphatic carbocycles. The average molecular weight is 826 g/mol. The first-order valence-corrected chi connectivity index (χ1v) is 18.2. The highest BCUT2D eigenvalue weighted by atomic mass is 127. The second-order valence-electron chi connectivity index (χ2n) is 9.83. The highest BCUT2D eigenvalue weighted by molar-refractivity contribution is 14.1. The predicted octanol–water partition coefficient (Wildman–Crippen LogP) is 0.618. The molecule has 0 radical (unpaired) electrons. The molecule has 1 saturated heterocycles. The van der Waals surface area contributed by atoms with E-state index in [1.807, 2.05) is 0 Å². The SMILES string of the molecule is O=C(CCOCCOCCOCCOCCOCCOCCOCCOCCOCCOCCOCCOCCI)ON1C(=O)CCC1=O. The van der Waals surface area contributed by atoms with Gasteiger partial charge in [0, 0.05) is 17.3 Å². The van der Waals surface area contributed by atoms with Crippen molar-refractivity contribution in [3.8, 4) is 0 Å². The topological polar surface area (TPSA) is 174 Å². The van der Waals surface area contributed by atoms with Crippen LogP contribution in [0.4, 0.5) is 0 Å². The van der Waals surface area contributed by atoms with Gasteiger partial charge in [-0.05, 0) is 0 Å². The van der Waals surface area contributed by atoms with Gasteiger partial charge in [-0.1, -0.05) is 22.6 Å². The molecule has 1 aliphatic rings. The van der Waals surface area contributed by atoms with Gasteiger partial charge in [0.05, 0.1) is 165 Å². The first-order chi connectivity index (χ1) is 24.1. The molecule has 0 aromatic carbocycles. The van der Waals surface area contributed by atoms with Gasteiger partial charge in [-0.2, -0.15) is 0 Å². The molecule has 0 atom stereocenters. The van der Waals surface area contributed by atoms with Crippen LogP contribution in [0.25, 0.3) is 0 Å². The summed E-state index contributed by atoms with van der Waals surface area (Å²) in [6, 6.07) is 0. The van der Waals surface area contributed by atoms with E-state index >= 15 is 0 Å². The van der Waals surface area contributed by atoms with E-state index in [1.165, 1.54) is 0 Å². The van der Waals surface area contributed by atoms with Gasteiger partial charge in [-0.15, -0.1) is 5.06 Å². The Morgan fingerprint density at radius 2 is 0.633 bits per heavy atom. The van der Waals surface area contributed by atoms with Crippen LogP contribution in [0.1, 0.15) is 19.3 Å². The highest BCUT2D eigenvalue weighted by Crippen LogP contribution is 2.12. The van der Waals surface area contributed by atoms with E-state index in [1.54, 1.807) is 0 Å². The Morgan fingerprint density at radius 1 is 0.408 bits per heavy atom. The molecule has 0 spiro atoms. The Hall–Kier alpha value is -1.14. The maximum absolute atomic E-state index is 11.6. The average Bonchev–Trinajstić information content (AvgIpc) is 3.41. The molecule has 1 rings (SSSR count). The first-order valence-electron chi connectivity index (χ1n) is 16.7. The fourth-order valence-corrected chi connectivity index (χ4v) is 3.85. The maximum Gasteiger partial charge on any atom is 0.335 e. The third kappa shape index (κ3) is 31.3. The van der Waals surface area contributed by atoms with E-state index in [-0.39, 0.29) is 32.5 Å². The summed E-state index contributed by atoms with van der Waals surface area (Å²) in [5.41, 5.74) is 0. The van der Waals surface area contributed by atoms with Crippen molar-refractivity contribution in [1.29, 1.82) is 0 Å². The van der Waals surface area contributed by atoms with E-state index in [4.69, 9.17) is 61.7 Å². The van der Waals surface area contributed by atoms with Gasteiger partial charge in [-0.3, -0.25) is 9.59 Å². The fourth-order valence-electron chi connectivity index (χ4n) is 3.54. The maximum atomic E-state index is 11.6. The van der Waals surface area contributed by atoms with Crippen LogP contribution < -0.4 is 0 Å². The van der Waals surface area contributed by atoms with Gasteiger partial charge in [0.15, 0.2) is 0 Å². The van der Waals surface area contributed by atoms with Crippen molar-refractivity contribution in [3.05, 3.63) is 0 Å². The summed E-state index contributed by atoms with van der Waals surface area (Å²) in [5.74, 6) is -1.72. The number of hydroxylamine groups is 2. The third-order valence-electron chi connectivity index (χ3n) is 5.96. The van der Waals surface area contributed by atoms with Gasteiger partial charge in [0.25, 0.3) is 11.8 Å². The molecule has 18 heteroatoms. The highest BCUT2D eigenvalue weighted by Gasteiger charge is 2.32. The standard InChI is InChI=1S/C31H56INO16/c32-4-6-38-8-10-40-12-14-42-16-18-44-20-22-46-24-26-48-28-27-47-25-23-45-21-19-43-17-15-41-13-11-39-9-7-37-5-3-31(36)49-33-29(34)1-2-30(33)35/h1-28H2. The number of alkyl halides is 1. The molecular weight excluding hydrogens is 769 g/mol. The van der Waals surface area contributed by atoms with Crippen LogP contribution in [0.5, 0.6) is 0 Å². The Bertz CT molecular complexity index is 768. The fraction of sp³-hybridized carbons (Fsp3) is 0.903. The summed E-state index contributed by atoms with van der Waals surface area (Å²) in [6.45, 7) is 11.4. The number of ether oxygens (including phenoxy) is 12. The minimum atomic E-state index is -0.699. The summed E-state index contributed by atoms with van der Waals surface area (Å²) in [6.07, 6.45) is 0.0456. The molecule has 0 saturated carbocycles. The Morgan fingerprint density at radius 3 is 0.878 bits per heavy atom. The lowest BCUT2D eigenvalue weighted by Crippen LogP contribution is -2.32. The Labute approximate surface area is 303 Å². The lowest BCUT2D eigenvalue weighted by Gasteiger charge is -2.12. The van der Waals surface area contributed by atoms with Gasteiger partial charge in [-0.25, -0.2) is 4.79 Å². The largest absolute Gasteiger partial charge is 0.378 e. The summed E-state index contributed by atoms with van der Waals surface area (Å²) in [4.78, 5) is 39.2. The second kappa shape index (κ2) is 36.6. The molecule has 0 aromatic rings. The molecule has 2 amide bonds. The molecule has 0 bridgehead atoms. The zero-order valence-electron chi connectivity index (χ0n) is 28.7. The van der Waals surface area contributed by atoms with Crippen molar-refractivity contribution in [1.82, 2.24) is 5.06 Å². The van der Waals surface area contributed by atoms with Crippen LogP contribution in [0.3, 0.4) is 0 Å². The molecule has 1 heterocycles. The number of halogens is 1. The predicted molar refractivity (Wildman–Crippen MR) is 181 cm³/mol. The monoisotopic (exact) mass is 825 g/mol. The normalized spacial score (nSPS) is 13.2. The molecular formula is C31H56INO16. The van der Waals surface area contributed by atoms with Crippen molar-refractivity contribution < 1.29 is 76.1 Å². The summed E-state index contributed by atoms with van der Waals surface area (Å²) in [7, 11) is 0. The van der Waals surface area contributed by atoms with Crippen molar-refractivity contribution in [2.45, 2.75) is 19.3 Å². The van der Waals surface area contributed by atoms with E-state index in [0.29, 0.717) is 144 Å². The number of imide groups is 1. The van der Waals surface area contributed by atoms with E-state index in [0.717, 1.165) is 11.0 Å². The van der Waals surface area contributed by atoms with Crippen LogP contribution in [0.2, 0.25) is 0 Å². The molecule has 0 aromatic heterocycles. The van der Waals surface area contributed by atoms with Gasteiger partial charge in [0.1, 0.15) is 0 Å². The molecule has 49 heavy (non-hydrogen) atoms. The lowest BCUT2D eigenvalue weighted by atomic mass is 10.4. The van der Waals surface area contributed by atoms with Crippen molar-refractivity contribution in [3.63, 3.8) is 0 Å². The summed E-state index contributed by atoms with van der Waals surface area (Å²) < 4.78 is 66.0. The van der Waals surface area contributed by atoms with Crippen LogP contribution in [-0.2, 0) is 76.1 Å². The first kappa shape index (κ1) is 45.9. The van der Waals surface area contributed by atoms with Crippen molar-refractivity contribution in [2.24, 2.45) is 0 Å². The van der Waals surface area contributed by atoms with Crippen molar-refractivity contribution in [2.75, 3.05) is 163 Å². The quantitative estimate of drug-likeness (QED) is 0.0365. The molecule has 1 fully saturated rings. The Kier molecular flexibility index (Phi) is 34.3. The molecule has 1 aliphatic heterocycles. The summed E-state index contributed by atoms with van der Waals surface area (Å²) >= 11 is 2.27. The summed E-state index contributed by atoms with van der Waals surface area (Å²) in [5, 5.41) is 0.519. The minimum absolute atomic E-state index is 0.0595.